The van der Waals surface area contributed by atoms with Crippen molar-refractivity contribution >= 4 is 40.6 Å². The maximum atomic E-state index is 13.7. The first-order valence-corrected chi connectivity index (χ1v) is 14.0. The molecule has 6 nitrogen and oxygen atoms in total. The zero-order valence-electron chi connectivity index (χ0n) is 19.9. The van der Waals surface area contributed by atoms with Crippen molar-refractivity contribution in [3.63, 3.8) is 0 Å². The molecule has 11 heteroatoms. The number of methoxy groups -OCH3 is 1. The minimum atomic E-state index is -4.58. The molecular formula is C27H21F3N2O4S2. The van der Waals surface area contributed by atoms with Gasteiger partial charge in [-0.1, -0.05) is 29.5 Å². The van der Waals surface area contributed by atoms with Gasteiger partial charge < -0.3 is 9.72 Å². The van der Waals surface area contributed by atoms with E-state index in [4.69, 9.17) is 4.74 Å². The quantitative estimate of drug-likeness (QED) is 0.451. The highest BCUT2D eigenvalue weighted by atomic mass is 32.2. The zero-order chi connectivity index (χ0) is 26.5. The fourth-order valence-corrected chi connectivity index (χ4v) is 10.2. The Balaban J connectivity index is 1.29. The van der Waals surface area contributed by atoms with Crippen molar-refractivity contribution in [1.82, 2.24) is 4.98 Å². The summed E-state index contributed by atoms with van der Waals surface area (Å²) in [6, 6.07) is 12.1. The minimum absolute atomic E-state index is 0.00399. The maximum absolute atomic E-state index is 13.7. The highest BCUT2D eigenvalue weighted by molar-refractivity contribution is 8.00. The van der Waals surface area contributed by atoms with Crippen molar-refractivity contribution in [2.45, 2.75) is 28.8 Å². The second-order valence-electron chi connectivity index (χ2n) is 10.3. The van der Waals surface area contributed by atoms with Gasteiger partial charge in [0.15, 0.2) is 0 Å². The van der Waals surface area contributed by atoms with Crippen LogP contribution in [0.25, 0.3) is 0 Å². The molecule has 7 rings (SSSR count). The number of benzene rings is 2. The number of imide groups is 1. The van der Waals surface area contributed by atoms with Gasteiger partial charge in [-0.05, 0) is 60.1 Å². The van der Waals surface area contributed by atoms with Gasteiger partial charge in [-0.25, -0.2) is 0 Å². The third-order valence-electron chi connectivity index (χ3n) is 8.63. The molecule has 2 aliphatic heterocycles. The van der Waals surface area contributed by atoms with Gasteiger partial charge >= 0.3 is 11.0 Å². The Morgan fingerprint density at radius 3 is 2.39 bits per heavy atom. The number of hydrogen-bond acceptors (Lipinski definition) is 6. The molecule has 3 fully saturated rings. The van der Waals surface area contributed by atoms with Crippen LogP contribution in [-0.2, 0) is 15.8 Å². The van der Waals surface area contributed by atoms with E-state index in [1.54, 1.807) is 18.9 Å². The number of ether oxygens (including phenoxy) is 1. The molecule has 1 aromatic heterocycles. The number of alkyl halides is 3. The summed E-state index contributed by atoms with van der Waals surface area (Å²) in [4.78, 5) is 44.5. The smallest absolute Gasteiger partial charge is 0.416 e. The lowest BCUT2D eigenvalue weighted by Crippen LogP contribution is -2.42. The zero-order valence-corrected chi connectivity index (χ0v) is 21.5. The third-order valence-corrected chi connectivity index (χ3v) is 11.2. The van der Waals surface area contributed by atoms with E-state index >= 15 is 0 Å². The Morgan fingerprint density at radius 2 is 1.71 bits per heavy atom. The van der Waals surface area contributed by atoms with Crippen molar-refractivity contribution in [2.24, 2.45) is 29.6 Å². The standard InChI is InChI=1S/C27H21F3N2O4S2/c1-36-14-7-5-11(6-8-14)17-18-15-10-16(21(18)37-23-22(17)38-26(35)31-23)20-19(15)24(33)32(25(20)34)13-4-2-3-12(9-13)27(28,29)30/h2-9,15-21H,10H2,1H3,(H,31,35)/t15-,16-,17?,18?,19?,20?,21?/m1/s1. The summed E-state index contributed by atoms with van der Waals surface area (Å²) in [7, 11) is 1.59. The molecule has 3 heterocycles. The van der Waals surface area contributed by atoms with Gasteiger partial charge in [0.2, 0.25) is 11.8 Å². The van der Waals surface area contributed by atoms with E-state index in [-0.39, 0.29) is 39.5 Å². The lowest BCUT2D eigenvalue weighted by Gasteiger charge is -2.43. The SMILES string of the molecule is COc1ccc(C2c3sc(=O)[nH]c3SC3C2[C@H]2C[C@@H]3C3C(=O)N(c4cccc(C(F)(F)F)c4)C(=O)C32)cc1. The third kappa shape index (κ3) is 3.30. The average Bonchev–Trinajstić information content (AvgIpc) is 3.62. The number of H-pyrrole nitrogens is 1. The fraction of sp³-hybridized carbons (Fsp3) is 0.370. The monoisotopic (exact) mass is 558 g/mol. The molecule has 4 aliphatic rings. The molecule has 7 atom stereocenters. The van der Waals surface area contributed by atoms with E-state index < -0.39 is 35.4 Å². The number of anilines is 1. The molecule has 1 N–H and O–H groups in total. The summed E-state index contributed by atoms with van der Waals surface area (Å²) in [5, 5.41) is 0.807. The number of carbonyl (C=O) groups excluding carboxylic acids is 2. The number of aromatic amines is 1. The number of carbonyl (C=O) groups is 2. The van der Waals surface area contributed by atoms with E-state index in [0.717, 1.165) is 32.5 Å². The van der Waals surface area contributed by atoms with Crippen LogP contribution >= 0.6 is 23.1 Å². The molecule has 2 saturated carbocycles. The van der Waals surface area contributed by atoms with Crippen molar-refractivity contribution in [3.8, 4) is 5.75 Å². The van der Waals surface area contributed by atoms with E-state index in [9.17, 15) is 27.6 Å². The van der Waals surface area contributed by atoms with Crippen LogP contribution in [0.3, 0.4) is 0 Å². The highest BCUT2D eigenvalue weighted by Gasteiger charge is 2.69. The van der Waals surface area contributed by atoms with E-state index in [1.807, 2.05) is 24.3 Å². The molecule has 5 unspecified atom stereocenters. The molecule has 2 amide bonds. The number of nitrogens with one attached hydrogen (secondary N) is 1. The topological polar surface area (TPSA) is 79.5 Å². The number of thiazole rings is 1. The van der Waals surface area contributed by atoms with Crippen LogP contribution in [0.15, 0.2) is 58.4 Å². The molecule has 196 valence electrons. The molecule has 1 saturated heterocycles. The predicted molar refractivity (Wildman–Crippen MR) is 135 cm³/mol. The predicted octanol–water partition coefficient (Wildman–Crippen LogP) is 5.14. The second kappa shape index (κ2) is 8.22. The van der Waals surface area contributed by atoms with E-state index in [1.165, 1.54) is 23.5 Å². The molecule has 3 aromatic rings. The molecule has 2 aliphatic carbocycles. The van der Waals surface area contributed by atoms with Gasteiger partial charge in [0.1, 0.15) is 5.75 Å². The number of hydrogen-bond donors (Lipinski definition) is 1. The summed E-state index contributed by atoms with van der Waals surface area (Å²) < 4.78 is 45.4. The molecule has 2 bridgehead atoms. The van der Waals surface area contributed by atoms with Crippen molar-refractivity contribution in [2.75, 3.05) is 12.0 Å². The van der Waals surface area contributed by atoms with Crippen LogP contribution in [0.5, 0.6) is 5.75 Å². The Bertz CT molecular complexity index is 1530. The number of thioether (sulfide) groups is 1. The van der Waals surface area contributed by atoms with Gasteiger partial charge in [0.05, 0.1) is 35.2 Å². The number of rotatable bonds is 3. The molecule has 0 spiro atoms. The van der Waals surface area contributed by atoms with Gasteiger partial charge in [-0.2, -0.15) is 13.2 Å². The molecular weight excluding hydrogens is 537 g/mol. The number of halogens is 3. The number of nitrogens with zero attached hydrogens (tertiary/aromatic N) is 1. The van der Waals surface area contributed by atoms with Crippen LogP contribution in [0.1, 0.15) is 28.3 Å². The van der Waals surface area contributed by atoms with Crippen molar-refractivity contribution in [3.05, 3.63) is 74.2 Å². The molecule has 38 heavy (non-hydrogen) atoms. The van der Waals surface area contributed by atoms with Crippen LogP contribution in [0.4, 0.5) is 18.9 Å². The Morgan fingerprint density at radius 1 is 1.00 bits per heavy atom. The number of fused-ring (bicyclic) bond motifs is 9. The summed E-state index contributed by atoms with van der Waals surface area (Å²) in [5.41, 5.74) is 0.0791. The van der Waals surface area contributed by atoms with Crippen LogP contribution in [0, 0.1) is 29.6 Å². The first-order chi connectivity index (χ1) is 18.2. The molecule has 2 aromatic carbocycles. The molecule has 0 radical (unpaired) electrons. The largest absolute Gasteiger partial charge is 0.497 e. The summed E-state index contributed by atoms with van der Waals surface area (Å²) in [6.07, 6.45) is -3.88. The van der Waals surface area contributed by atoms with Crippen molar-refractivity contribution in [1.29, 1.82) is 0 Å². The van der Waals surface area contributed by atoms with Gasteiger partial charge in [-0.15, -0.1) is 11.8 Å². The normalized spacial score (nSPS) is 31.4. The first kappa shape index (κ1) is 24.0. The van der Waals surface area contributed by atoms with Crippen LogP contribution < -0.4 is 14.5 Å². The second-order valence-corrected chi connectivity index (χ2v) is 12.5. The number of amides is 2. The highest BCUT2D eigenvalue weighted by Crippen LogP contribution is 2.68. The summed E-state index contributed by atoms with van der Waals surface area (Å²) in [5.74, 6) is -1.63. The summed E-state index contributed by atoms with van der Waals surface area (Å²) in [6.45, 7) is 0. The summed E-state index contributed by atoms with van der Waals surface area (Å²) >= 11 is 2.75. The van der Waals surface area contributed by atoms with E-state index in [2.05, 4.69) is 4.98 Å². The first-order valence-electron chi connectivity index (χ1n) is 12.3. The van der Waals surface area contributed by atoms with Gasteiger partial charge in [-0.3, -0.25) is 19.3 Å². The fourth-order valence-electron chi connectivity index (χ4n) is 7.28. The Kier molecular flexibility index (Phi) is 5.20. The van der Waals surface area contributed by atoms with Crippen LogP contribution in [-0.4, -0.2) is 29.2 Å². The van der Waals surface area contributed by atoms with Crippen LogP contribution in [0.2, 0.25) is 0 Å². The Hall–Kier alpha value is -3.05. The number of aromatic nitrogens is 1. The minimum Gasteiger partial charge on any atom is -0.497 e. The van der Waals surface area contributed by atoms with Gasteiger partial charge in [0, 0.05) is 16.0 Å². The maximum Gasteiger partial charge on any atom is 0.416 e. The Labute approximate surface area is 223 Å². The van der Waals surface area contributed by atoms with Crippen molar-refractivity contribution < 1.29 is 27.5 Å². The average molecular weight is 559 g/mol. The lowest BCUT2D eigenvalue weighted by atomic mass is 9.68. The van der Waals surface area contributed by atoms with Gasteiger partial charge in [0.25, 0.3) is 0 Å². The van der Waals surface area contributed by atoms with E-state index in [0.29, 0.717) is 12.2 Å². The lowest BCUT2D eigenvalue weighted by molar-refractivity contribution is -0.137.